The Kier molecular flexibility index (Phi) is 5.69. The van der Waals surface area contributed by atoms with Gasteiger partial charge in [0.05, 0.1) is 5.52 Å². The first kappa shape index (κ1) is 20.0. The van der Waals surface area contributed by atoms with Gasteiger partial charge in [-0.15, -0.1) is 0 Å². The van der Waals surface area contributed by atoms with Crippen LogP contribution < -0.4 is 0 Å². The average molecular weight is 413 g/mol. The summed E-state index contributed by atoms with van der Waals surface area (Å²) in [5.41, 5.74) is 1.75. The lowest BCUT2D eigenvalue weighted by Crippen LogP contribution is -2.39. The van der Waals surface area contributed by atoms with Gasteiger partial charge in [0.15, 0.2) is 0 Å². The number of nitrogens with zero attached hydrogens (tertiary/aromatic N) is 4. The Morgan fingerprint density at radius 2 is 1.86 bits per heavy atom. The highest BCUT2D eigenvalue weighted by molar-refractivity contribution is 7.89. The van der Waals surface area contributed by atoms with Gasteiger partial charge in [0, 0.05) is 49.5 Å². The van der Waals surface area contributed by atoms with Crippen molar-refractivity contribution >= 4 is 20.9 Å². The molecule has 3 aromatic rings. The quantitative estimate of drug-likeness (QED) is 0.618. The maximum atomic E-state index is 13.3. The van der Waals surface area contributed by atoms with Crippen LogP contribution in [-0.4, -0.2) is 40.3 Å². The van der Waals surface area contributed by atoms with Crippen LogP contribution in [0.3, 0.4) is 0 Å². The smallest absolute Gasteiger partial charge is 0.245 e. The monoisotopic (exact) mass is 412 g/mol. The standard InChI is InChI=1S/C22H28N4O2S/c1-3-12-26-17(2)16-24-21(26)15-18-9-13-25(14-10-18)29(27,28)20-8-4-6-19-7-5-11-23-22(19)20/h4-8,11,16,18H,3,9-10,12-15H2,1-2H3. The minimum absolute atomic E-state index is 0.308. The summed E-state index contributed by atoms with van der Waals surface area (Å²) in [6.07, 6.45) is 7.30. The van der Waals surface area contributed by atoms with E-state index in [1.165, 1.54) is 5.69 Å². The van der Waals surface area contributed by atoms with Crippen molar-refractivity contribution in [3.63, 3.8) is 0 Å². The molecule has 1 aliphatic rings. The molecule has 154 valence electrons. The first-order valence-electron chi connectivity index (χ1n) is 10.4. The van der Waals surface area contributed by atoms with Crippen LogP contribution in [0.25, 0.3) is 10.9 Å². The van der Waals surface area contributed by atoms with Crippen LogP contribution in [0.15, 0.2) is 47.6 Å². The van der Waals surface area contributed by atoms with Gasteiger partial charge in [-0.3, -0.25) is 4.98 Å². The van der Waals surface area contributed by atoms with Crippen molar-refractivity contribution in [2.45, 2.75) is 51.0 Å². The van der Waals surface area contributed by atoms with E-state index in [9.17, 15) is 8.42 Å². The van der Waals surface area contributed by atoms with Crippen LogP contribution in [0.4, 0.5) is 0 Å². The van der Waals surface area contributed by atoms with Crippen molar-refractivity contribution in [1.82, 2.24) is 18.8 Å². The zero-order valence-corrected chi connectivity index (χ0v) is 17.9. The van der Waals surface area contributed by atoms with Crippen LogP contribution in [0.5, 0.6) is 0 Å². The molecule has 1 aliphatic heterocycles. The number of aromatic nitrogens is 3. The molecule has 3 heterocycles. The van der Waals surface area contributed by atoms with Crippen molar-refractivity contribution in [2.75, 3.05) is 13.1 Å². The Balaban J connectivity index is 1.48. The molecule has 4 rings (SSSR count). The fraction of sp³-hybridized carbons (Fsp3) is 0.455. The van der Waals surface area contributed by atoms with E-state index in [1.54, 1.807) is 22.6 Å². The molecule has 0 bridgehead atoms. The zero-order valence-electron chi connectivity index (χ0n) is 17.1. The summed E-state index contributed by atoms with van der Waals surface area (Å²) in [5.74, 6) is 1.59. The summed E-state index contributed by atoms with van der Waals surface area (Å²) in [4.78, 5) is 9.23. The third kappa shape index (κ3) is 3.94. The van der Waals surface area contributed by atoms with E-state index in [4.69, 9.17) is 0 Å². The minimum Gasteiger partial charge on any atom is -0.332 e. The van der Waals surface area contributed by atoms with Gasteiger partial charge in [-0.2, -0.15) is 4.31 Å². The SMILES string of the molecule is CCCn1c(C)cnc1CC1CCN(S(=O)(=O)c2cccc3cccnc23)CC1. The molecule has 1 saturated heterocycles. The number of imidazole rings is 1. The minimum atomic E-state index is -3.55. The summed E-state index contributed by atoms with van der Waals surface area (Å²) in [6, 6.07) is 9.08. The maximum Gasteiger partial charge on any atom is 0.245 e. The second kappa shape index (κ2) is 8.24. The summed E-state index contributed by atoms with van der Waals surface area (Å²) < 4.78 is 30.5. The first-order valence-corrected chi connectivity index (χ1v) is 11.8. The molecule has 0 radical (unpaired) electrons. The van der Waals surface area contributed by atoms with Gasteiger partial charge in [0.1, 0.15) is 10.7 Å². The largest absolute Gasteiger partial charge is 0.332 e. The second-order valence-corrected chi connectivity index (χ2v) is 9.76. The number of sulfonamides is 1. The predicted molar refractivity (Wildman–Crippen MR) is 114 cm³/mol. The predicted octanol–water partition coefficient (Wildman–Crippen LogP) is 3.79. The van der Waals surface area contributed by atoms with E-state index in [1.807, 2.05) is 24.4 Å². The number of aryl methyl sites for hydroxylation is 1. The topological polar surface area (TPSA) is 68.1 Å². The number of fused-ring (bicyclic) bond motifs is 1. The molecular weight excluding hydrogens is 384 g/mol. The number of rotatable bonds is 6. The van der Waals surface area contributed by atoms with Gasteiger partial charge < -0.3 is 4.57 Å². The molecule has 1 fully saturated rings. The molecule has 1 aromatic carbocycles. The van der Waals surface area contributed by atoms with Crippen LogP contribution in [-0.2, 0) is 23.0 Å². The van der Waals surface area contributed by atoms with Crippen molar-refractivity contribution in [3.8, 4) is 0 Å². The second-order valence-electron chi connectivity index (χ2n) is 7.85. The van der Waals surface area contributed by atoms with Gasteiger partial charge in [-0.05, 0) is 44.2 Å². The van der Waals surface area contributed by atoms with Gasteiger partial charge in [0.2, 0.25) is 10.0 Å². The highest BCUT2D eigenvalue weighted by atomic mass is 32.2. The lowest BCUT2D eigenvalue weighted by Gasteiger charge is -2.31. The number of pyridine rings is 1. The molecule has 0 saturated carbocycles. The van der Waals surface area contributed by atoms with Crippen LogP contribution in [0.2, 0.25) is 0 Å². The molecule has 0 spiro atoms. The third-order valence-corrected chi connectivity index (χ3v) is 7.77. The Hall–Kier alpha value is -2.25. The molecular formula is C22H28N4O2S. The molecule has 0 amide bonds. The number of hydrogen-bond donors (Lipinski definition) is 0. The fourth-order valence-corrected chi connectivity index (χ4v) is 5.87. The summed E-state index contributed by atoms with van der Waals surface area (Å²) in [6.45, 7) is 6.35. The Labute approximate surface area is 172 Å². The normalized spacial score (nSPS) is 16.5. The molecule has 0 N–H and O–H groups in total. The van der Waals surface area contributed by atoms with Crippen molar-refractivity contribution in [1.29, 1.82) is 0 Å². The van der Waals surface area contributed by atoms with E-state index in [0.717, 1.165) is 43.4 Å². The lowest BCUT2D eigenvalue weighted by molar-refractivity contribution is 0.269. The van der Waals surface area contributed by atoms with Gasteiger partial charge in [0.25, 0.3) is 0 Å². The van der Waals surface area contributed by atoms with Crippen molar-refractivity contribution in [2.24, 2.45) is 5.92 Å². The molecule has 0 aliphatic carbocycles. The molecule has 0 unspecified atom stereocenters. The summed E-state index contributed by atoms with van der Waals surface area (Å²) in [5, 5.41) is 0.849. The summed E-state index contributed by atoms with van der Waals surface area (Å²) in [7, 11) is -3.55. The first-order chi connectivity index (χ1) is 14.0. The van der Waals surface area contributed by atoms with Crippen LogP contribution in [0, 0.1) is 12.8 Å². The highest BCUT2D eigenvalue weighted by Gasteiger charge is 2.31. The van der Waals surface area contributed by atoms with E-state index in [0.29, 0.717) is 29.4 Å². The maximum absolute atomic E-state index is 13.3. The van der Waals surface area contributed by atoms with Crippen LogP contribution in [0.1, 0.15) is 37.7 Å². The molecule has 7 heteroatoms. The van der Waals surface area contributed by atoms with Gasteiger partial charge in [-0.1, -0.05) is 25.1 Å². The van der Waals surface area contributed by atoms with Gasteiger partial charge in [-0.25, -0.2) is 13.4 Å². The third-order valence-electron chi connectivity index (χ3n) is 5.84. The molecule has 6 nitrogen and oxygen atoms in total. The number of benzene rings is 1. The fourth-order valence-electron chi connectivity index (χ4n) is 4.24. The van der Waals surface area contributed by atoms with E-state index >= 15 is 0 Å². The Bertz CT molecular complexity index is 1090. The highest BCUT2D eigenvalue weighted by Crippen LogP contribution is 2.29. The van der Waals surface area contributed by atoms with Crippen molar-refractivity contribution < 1.29 is 8.42 Å². The Morgan fingerprint density at radius 3 is 2.62 bits per heavy atom. The molecule has 0 atom stereocenters. The van der Waals surface area contributed by atoms with E-state index in [-0.39, 0.29) is 0 Å². The van der Waals surface area contributed by atoms with Crippen molar-refractivity contribution in [3.05, 3.63) is 54.2 Å². The number of piperidine rings is 1. The van der Waals surface area contributed by atoms with E-state index < -0.39 is 10.0 Å². The van der Waals surface area contributed by atoms with Gasteiger partial charge >= 0.3 is 0 Å². The lowest BCUT2D eigenvalue weighted by atomic mass is 9.94. The van der Waals surface area contributed by atoms with E-state index in [2.05, 4.69) is 28.4 Å². The zero-order chi connectivity index (χ0) is 20.4. The molecule has 29 heavy (non-hydrogen) atoms. The number of hydrogen-bond acceptors (Lipinski definition) is 4. The summed E-state index contributed by atoms with van der Waals surface area (Å²) >= 11 is 0. The molecule has 2 aromatic heterocycles. The van der Waals surface area contributed by atoms with Crippen LogP contribution >= 0.6 is 0 Å². The average Bonchev–Trinajstić information content (AvgIpc) is 3.07. The Morgan fingerprint density at radius 1 is 1.10 bits per heavy atom. The number of para-hydroxylation sites is 1.